The van der Waals surface area contributed by atoms with Crippen molar-refractivity contribution in [2.75, 3.05) is 7.11 Å². The summed E-state index contributed by atoms with van der Waals surface area (Å²) in [4.78, 5) is 8.51. The normalized spacial score (nSPS) is 11.0. The zero-order valence-electron chi connectivity index (χ0n) is 14.2. The smallest absolute Gasteiger partial charge is 0.218 e. The molecule has 6 heteroatoms. The van der Waals surface area contributed by atoms with Gasteiger partial charge in [0.1, 0.15) is 5.75 Å². The third-order valence-electron chi connectivity index (χ3n) is 3.64. The molecule has 2 aromatic carbocycles. The summed E-state index contributed by atoms with van der Waals surface area (Å²) in [5, 5.41) is 12.5. The Morgan fingerprint density at radius 2 is 2.00 bits per heavy atom. The summed E-state index contributed by atoms with van der Waals surface area (Å²) in [6.45, 7) is 2.32. The molecule has 0 spiro atoms. The van der Waals surface area contributed by atoms with Crippen LogP contribution in [0.2, 0.25) is 0 Å². The van der Waals surface area contributed by atoms with E-state index in [-0.39, 0.29) is 5.84 Å². The lowest BCUT2D eigenvalue weighted by molar-refractivity contribution is 0.415. The van der Waals surface area contributed by atoms with Crippen molar-refractivity contribution in [2.24, 2.45) is 4.99 Å². The number of hydrogen-bond acceptors (Lipinski definition) is 4. The molecule has 0 radical (unpaired) electrons. The maximum Gasteiger partial charge on any atom is 0.218 e. The van der Waals surface area contributed by atoms with E-state index >= 15 is 0 Å². The predicted molar refractivity (Wildman–Crippen MR) is 98.5 cm³/mol. The van der Waals surface area contributed by atoms with Gasteiger partial charge in [-0.25, -0.2) is 14.7 Å². The van der Waals surface area contributed by atoms with E-state index < -0.39 is 0 Å². The SMILES string of the molecule is CC=NC(=N)c1nc(-c2cccc(OC)c2)n(Cc2ccccc2)n1. The van der Waals surface area contributed by atoms with Crippen LogP contribution in [-0.2, 0) is 6.54 Å². The number of nitrogens with zero attached hydrogens (tertiary/aromatic N) is 4. The molecule has 0 aliphatic carbocycles. The molecule has 25 heavy (non-hydrogen) atoms. The van der Waals surface area contributed by atoms with Gasteiger partial charge in [0.25, 0.3) is 0 Å². The highest BCUT2D eigenvalue weighted by molar-refractivity contribution is 5.97. The van der Waals surface area contributed by atoms with Crippen LogP contribution in [0.25, 0.3) is 11.4 Å². The van der Waals surface area contributed by atoms with Gasteiger partial charge in [-0.1, -0.05) is 42.5 Å². The number of ether oxygens (including phenoxy) is 1. The Morgan fingerprint density at radius 1 is 1.20 bits per heavy atom. The summed E-state index contributed by atoms with van der Waals surface area (Å²) >= 11 is 0. The number of aliphatic imine (C=N–C) groups is 1. The van der Waals surface area contributed by atoms with Crippen LogP contribution in [0.1, 0.15) is 18.3 Å². The number of aromatic nitrogens is 3. The van der Waals surface area contributed by atoms with E-state index in [2.05, 4.69) is 15.1 Å². The molecule has 0 fully saturated rings. The Morgan fingerprint density at radius 3 is 2.72 bits per heavy atom. The minimum Gasteiger partial charge on any atom is -0.497 e. The monoisotopic (exact) mass is 333 g/mol. The standard InChI is InChI=1S/C19H19N5O/c1-3-21-17(20)18-22-19(15-10-7-11-16(12-15)25-2)24(23-18)13-14-8-5-4-6-9-14/h3-12,20H,13H2,1-2H3. The molecular weight excluding hydrogens is 314 g/mol. The van der Waals surface area contributed by atoms with Crippen LogP contribution in [0.15, 0.2) is 59.6 Å². The second-order valence-electron chi connectivity index (χ2n) is 5.37. The number of nitrogens with one attached hydrogen (secondary N) is 1. The molecule has 0 atom stereocenters. The first kappa shape index (κ1) is 16.6. The first-order valence-corrected chi connectivity index (χ1v) is 7.92. The molecule has 1 heterocycles. The molecule has 0 unspecified atom stereocenters. The summed E-state index contributed by atoms with van der Waals surface area (Å²) in [5.41, 5.74) is 1.98. The van der Waals surface area contributed by atoms with E-state index in [9.17, 15) is 0 Å². The molecule has 126 valence electrons. The first-order chi connectivity index (χ1) is 12.2. The van der Waals surface area contributed by atoms with Crippen molar-refractivity contribution in [3.8, 4) is 17.1 Å². The van der Waals surface area contributed by atoms with Gasteiger partial charge in [0.15, 0.2) is 11.7 Å². The topological polar surface area (TPSA) is 76.2 Å². The van der Waals surface area contributed by atoms with E-state index in [1.54, 1.807) is 24.9 Å². The Bertz CT molecular complexity index is 899. The lowest BCUT2D eigenvalue weighted by Gasteiger charge is -2.07. The minimum atomic E-state index is 0.0402. The quantitative estimate of drug-likeness (QED) is 0.574. The lowest BCUT2D eigenvalue weighted by Crippen LogP contribution is -2.05. The second-order valence-corrected chi connectivity index (χ2v) is 5.37. The van der Waals surface area contributed by atoms with E-state index in [1.807, 2.05) is 54.6 Å². The number of hydrogen-bond donors (Lipinski definition) is 1. The minimum absolute atomic E-state index is 0.0402. The average molecular weight is 333 g/mol. The van der Waals surface area contributed by atoms with Crippen LogP contribution in [0, 0.1) is 5.41 Å². The van der Waals surface area contributed by atoms with Gasteiger partial charge in [-0.2, -0.15) is 0 Å². The third kappa shape index (κ3) is 3.80. The maximum absolute atomic E-state index is 8.00. The van der Waals surface area contributed by atoms with Crippen molar-refractivity contribution in [3.63, 3.8) is 0 Å². The molecule has 0 saturated heterocycles. The summed E-state index contributed by atoms with van der Waals surface area (Å²) in [7, 11) is 1.63. The van der Waals surface area contributed by atoms with Crippen LogP contribution < -0.4 is 4.74 Å². The fourth-order valence-corrected chi connectivity index (χ4v) is 2.47. The van der Waals surface area contributed by atoms with Crippen molar-refractivity contribution >= 4 is 12.1 Å². The first-order valence-electron chi connectivity index (χ1n) is 7.92. The Balaban J connectivity index is 2.06. The van der Waals surface area contributed by atoms with Gasteiger partial charge in [0.2, 0.25) is 5.82 Å². The number of benzene rings is 2. The number of methoxy groups -OCH3 is 1. The van der Waals surface area contributed by atoms with Crippen LogP contribution in [-0.4, -0.2) is 33.9 Å². The molecule has 0 bridgehead atoms. The zero-order valence-corrected chi connectivity index (χ0v) is 14.2. The van der Waals surface area contributed by atoms with Crippen LogP contribution >= 0.6 is 0 Å². The lowest BCUT2D eigenvalue weighted by atomic mass is 10.2. The molecule has 6 nitrogen and oxygen atoms in total. The van der Waals surface area contributed by atoms with Crippen LogP contribution in [0.4, 0.5) is 0 Å². The van der Waals surface area contributed by atoms with Crippen molar-refractivity contribution in [1.29, 1.82) is 5.41 Å². The molecule has 1 N–H and O–H groups in total. The summed E-state index contributed by atoms with van der Waals surface area (Å²) in [6.07, 6.45) is 1.56. The van der Waals surface area contributed by atoms with Crippen LogP contribution in [0.3, 0.4) is 0 Å². The molecule has 0 aliphatic heterocycles. The Kier molecular flexibility index (Phi) is 4.99. The average Bonchev–Trinajstić information content (AvgIpc) is 3.07. The van der Waals surface area contributed by atoms with E-state index in [0.717, 1.165) is 16.9 Å². The predicted octanol–water partition coefficient (Wildman–Crippen LogP) is 3.42. The molecular formula is C19H19N5O. The van der Waals surface area contributed by atoms with Gasteiger partial charge in [-0.3, -0.25) is 5.41 Å². The van der Waals surface area contributed by atoms with Gasteiger partial charge in [0.05, 0.1) is 13.7 Å². The van der Waals surface area contributed by atoms with Crippen molar-refractivity contribution in [2.45, 2.75) is 13.5 Å². The summed E-state index contributed by atoms with van der Waals surface area (Å²) < 4.78 is 7.09. The number of amidine groups is 1. The van der Waals surface area contributed by atoms with Gasteiger partial charge in [0, 0.05) is 11.8 Å². The molecule has 0 aliphatic rings. The Labute approximate surface area is 146 Å². The molecule has 0 saturated carbocycles. The molecule has 0 amide bonds. The zero-order chi connectivity index (χ0) is 17.6. The Hall–Kier alpha value is -3.28. The van der Waals surface area contributed by atoms with Gasteiger partial charge >= 0.3 is 0 Å². The van der Waals surface area contributed by atoms with Gasteiger partial charge in [-0.05, 0) is 24.6 Å². The van der Waals surface area contributed by atoms with Crippen molar-refractivity contribution in [1.82, 2.24) is 14.8 Å². The number of rotatable bonds is 5. The summed E-state index contributed by atoms with van der Waals surface area (Å²) in [6, 6.07) is 17.7. The van der Waals surface area contributed by atoms with Crippen molar-refractivity contribution in [3.05, 3.63) is 66.0 Å². The molecule has 3 aromatic rings. The van der Waals surface area contributed by atoms with Gasteiger partial charge < -0.3 is 4.74 Å². The highest BCUT2D eigenvalue weighted by atomic mass is 16.5. The molecule has 1 aromatic heterocycles. The fraction of sp³-hybridized carbons (Fsp3) is 0.158. The summed E-state index contributed by atoms with van der Waals surface area (Å²) in [5.74, 6) is 1.76. The third-order valence-corrected chi connectivity index (χ3v) is 3.64. The van der Waals surface area contributed by atoms with E-state index in [0.29, 0.717) is 18.2 Å². The van der Waals surface area contributed by atoms with E-state index in [4.69, 9.17) is 10.1 Å². The second kappa shape index (κ2) is 7.53. The van der Waals surface area contributed by atoms with Gasteiger partial charge in [-0.15, -0.1) is 5.10 Å². The maximum atomic E-state index is 8.00. The highest BCUT2D eigenvalue weighted by Crippen LogP contribution is 2.23. The van der Waals surface area contributed by atoms with E-state index in [1.165, 1.54) is 0 Å². The highest BCUT2D eigenvalue weighted by Gasteiger charge is 2.15. The largest absolute Gasteiger partial charge is 0.497 e. The van der Waals surface area contributed by atoms with Crippen LogP contribution in [0.5, 0.6) is 5.75 Å². The molecule has 3 rings (SSSR count). The van der Waals surface area contributed by atoms with Crippen molar-refractivity contribution < 1.29 is 4.74 Å². The fourth-order valence-electron chi connectivity index (χ4n) is 2.47.